The Balaban J connectivity index is 2.43. The average Bonchev–Trinajstić information content (AvgIpc) is 2.37. The third kappa shape index (κ3) is 6.63. The van der Waals surface area contributed by atoms with Gasteiger partial charge in [-0.3, -0.25) is 0 Å². The van der Waals surface area contributed by atoms with Crippen LogP contribution in [0.5, 0.6) is 5.75 Å². The van der Waals surface area contributed by atoms with Crippen LogP contribution in [-0.4, -0.2) is 12.1 Å². The Bertz CT molecular complexity index is 349. The molecule has 0 aliphatic carbocycles. The van der Waals surface area contributed by atoms with E-state index in [1.54, 1.807) is 0 Å². The van der Waals surface area contributed by atoms with Crippen LogP contribution in [0.15, 0.2) is 24.3 Å². The lowest BCUT2D eigenvalue weighted by atomic mass is 10.1. The second-order valence-corrected chi connectivity index (χ2v) is 5.55. The van der Waals surface area contributed by atoms with Gasteiger partial charge in [0.25, 0.3) is 0 Å². The van der Waals surface area contributed by atoms with Crippen LogP contribution < -0.4 is 10.1 Å². The first-order valence-corrected chi connectivity index (χ1v) is 7.61. The highest BCUT2D eigenvalue weighted by molar-refractivity contribution is 5.33. The molecule has 1 aromatic rings. The van der Waals surface area contributed by atoms with Gasteiger partial charge in [-0.05, 0) is 33.3 Å². The van der Waals surface area contributed by atoms with Gasteiger partial charge >= 0.3 is 0 Å². The van der Waals surface area contributed by atoms with Crippen LogP contribution in [0, 0.1) is 0 Å². The highest BCUT2D eigenvalue weighted by Gasteiger charge is 2.06. The maximum absolute atomic E-state index is 5.84. The molecule has 1 rings (SSSR count). The van der Waals surface area contributed by atoms with Crippen molar-refractivity contribution in [2.75, 3.05) is 0 Å². The van der Waals surface area contributed by atoms with Crippen LogP contribution in [0.4, 0.5) is 0 Å². The van der Waals surface area contributed by atoms with E-state index >= 15 is 0 Å². The highest BCUT2D eigenvalue weighted by Crippen LogP contribution is 2.19. The molecule has 2 heteroatoms. The van der Waals surface area contributed by atoms with Gasteiger partial charge in [-0.1, -0.05) is 44.4 Å². The summed E-state index contributed by atoms with van der Waals surface area (Å²) in [6, 6.07) is 8.87. The first-order valence-electron chi connectivity index (χ1n) is 7.61. The molecule has 0 bridgehead atoms. The monoisotopic (exact) mass is 263 g/mol. The normalized spacial score (nSPS) is 12.7. The Kier molecular flexibility index (Phi) is 7.57. The summed E-state index contributed by atoms with van der Waals surface area (Å²) in [5.41, 5.74) is 1.25. The number of unbranched alkanes of at least 4 members (excludes halogenated alkanes) is 2. The lowest BCUT2D eigenvalue weighted by molar-refractivity contribution is 0.239. The van der Waals surface area contributed by atoms with Gasteiger partial charge in [0.2, 0.25) is 0 Å². The van der Waals surface area contributed by atoms with Gasteiger partial charge in [-0.15, -0.1) is 0 Å². The summed E-state index contributed by atoms with van der Waals surface area (Å²) in [6.07, 6.45) is 5.41. The number of ether oxygens (including phenoxy) is 1. The molecule has 0 saturated heterocycles. The van der Waals surface area contributed by atoms with Crippen molar-refractivity contribution >= 4 is 0 Å². The number of benzene rings is 1. The number of hydrogen-bond acceptors (Lipinski definition) is 2. The highest BCUT2D eigenvalue weighted by atomic mass is 16.5. The zero-order chi connectivity index (χ0) is 14.1. The molecule has 0 spiro atoms. The molecule has 0 fully saturated rings. The molecule has 0 saturated carbocycles. The van der Waals surface area contributed by atoms with Gasteiger partial charge in [0.15, 0.2) is 0 Å². The Labute approximate surface area is 118 Å². The number of nitrogens with one attached hydrogen (secondary N) is 1. The number of hydrogen-bond donors (Lipinski definition) is 1. The molecule has 1 unspecified atom stereocenters. The predicted octanol–water partition coefficient (Wildman–Crippen LogP) is 4.53. The van der Waals surface area contributed by atoms with Gasteiger partial charge < -0.3 is 10.1 Å². The standard InChI is InChI=1S/C17H29NO/c1-5-6-7-10-15(4)18-13-16-11-8-9-12-17(16)19-14(2)3/h8-9,11-12,14-15,18H,5-7,10,13H2,1-4H3. The zero-order valence-electron chi connectivity index (χ0n) is 12.9. The van der Waals surface area contributed by atoms with Crippen molar-refractivity contribution < 1.29 is 4.74 Å². The fraction of sp³-hybridized carbons (Fsp3) is 0.647. The maximum atomic E-state index is 5.84. The van der Waals surface area contributed by atoms with Crippen LogP contribution in [0.3, 0.4) is 0 Å². The summed E-state index contributed by atoms with van der Waals surface area (Å²) < 4.78 is 5.84. The van der Waals surface area contributed by atoms with Crippen molar-refractivity contribution in [3.63, 3.8) is 0 Å². The summed E-state index contributed by atoms with van der Waals surface area (Å²) in [7, 11) is 0. The fourth-order valence-corrected chi connectivity index (χ4v) is 2.11. The number of para-hydroxylation sites is 1. The van der Waals surface area contributed by atoms with E-state index in [2.05, 4.69) is 51.2 Å². The van der Waals surface area contributed by atoms with E-state index < -0.39 is 0 Å². The van der Waals surface area contributed by atoms with Crippen molar-refractivity contribution in [2.24, 2.45) is 0 Å². The third-order valence-corrected chi connectivity index (χ3v) is 3.22. The van der Waals surface area contributed by atoms with E-state index in [4.69, 9.17) is 4.74 Å². The Hall–Kier alpha value is -1.02. The summed E-state index contributed by atoms with van der Waals surface area (Å²) >= 11 is 0. The molecule has 0 amide bonds. The van der Waals surface area contributed by atoms with Gasteiger partial charge in [0.05, 0.1) is 6.10 Å². The van der Waals surface area contributed by atoms with E-state index in [0.29, 0.717) is 6.04 Å². The van der Waals surface area contributed by atoms with Crippen molar-refractivity contribution in [1.82, 2.24) is 5.32 Å². The predicted molar refractivity (Wildman–Crippen MR) is 82.6 cm³/mol. The topological polar surface area (TPSA) is 21.3 Å². The van der Waals surface area contributed by atoms with Crippen molar-refractivity contribution in [2.45, 2.75) is 72.1 Å². The van der Waals surface area contributed by atoms with Gasteiger partial charge in [0.1, 0.15) is 5.75 Å². The lowest BCUT2D eigenvalue weighted by Crippen LogP contribution is -2.25. The lowest BCUT2D eigenvalue weighted by Gasteiger charge is -2.17. The van der Waals surface area contributed by atoms with E-state index in [1.807, 2.05) is 6.07 Å². The smallest absolute Gasteiger partial charge is 0.124 e. The minimum atomic E-state index is 0.225. The first-order chi connectivity index (χ1) is 9.13. The average molecular weight is 263 g/mol. The van der Waals surface area contributed by atoms with Crippen LogP contribution >= 0.6 is 0 Å². The second kappa shape index (κ2) is 8.98. The molecular weight excluding hydrogens is 234 g/mol. The minimum Gasteiger partial charge on any atom is -0.491 e. The third-order valence-electron chi connectivity index (χ3n) is 3.22. The summed E-state index contributed by atoms with van der Waals surface area (Å²) in [4.78, 5) is 0. The SMILES string of the molecule is CCCCCC(C)NCc1ccccc1OC(C)C. The van der Waals surface area contributed by atoms with E-state index in [-0.39, 0.29) is 6.10 Å². The van der Waals surface area contributed by atoms with Crippen molar-refractivity contribution in [3.8, 4) is 5.75 Å². The van der Waals surface area contributed by atoms with E-state index in [9.17, 15) is 0 Å². The molecule has 1 atom stereocenters. The minimum absolute atomic E-state index is 0.225. The molecule has 0 aromatic heterocycles. The zero-order valence-corrected chi connectivity index (χ0v) is 12.9. The molecule has 0 aliphatic rings. The molecule has 19 heavy (non-hydrogen) atoms. The molecule has 1 aromatic carbocycles. The van der Waals surface area contributed by atoms with Crippen LogP contribution in [0.2, 0.25) is 0 Å². The maximum Gasteiger partial charge on any atom is 0.124 e. The Morgan fingerprint density at radius 3 is 2.53 bits per heavy atom. The molecule has 0 radical (unpaired) electrons. The largest absolute Gasteiger partial charge is 0.491 e. The second-order valence-electron chi connectivity index (χ2n) is 5.55. The molecule has 108 valence electrons. The Morgan fingerprint density at radius 1 is 1.11 bits per heavy atom. The fourth-order valence-electron chi connectivity index (χ4n) is 2.11. The Morgan fingerprint density at radius 2 is 1.84 bits per heavy atom. The summed E-state index contributed by atoms with van der Waals surface area (Å²) in [5.74, 6) is 1.01. The number of rotatable bonds is 9. The quantitative estimate of drug-likeness (QED) is 0.661. The van der Waals surface area contributed by atoms with E-state index in [1.165, 1.54) is 31.2 Å². The van der Waals surface area contributed by atoms with Gasteiger partial charge in [-0.2, -0.15) is 0 Å². The van der Waals surface area contributed by atoms with Gasteiger partial charge in [-0.25, -0.2) is 0 Å². The molecule has 1 N–H and O–H groups in total. The summed E-state index contributed by atoms with van der Waals surface area (Å²) in [5, 5.41) is 3.59. The van der Waals surface area contributed by atoms with Crippen LogP contribution in [0.1, 0.15) is 58.9 Å². The first kappa shape index (κ1) is 16.0. The summed E-state index contributed by atoms with van der Waals surface area (Å²) in [6.45, 7) is 9.53. The van der Waals surface area contributed by atoms with Crippen molar-refractivity contribution in [1.29, 1.82) is 0 Å². The van der Waals surface area contributed by atoms with Crippen LogP contribution in [0.25, 0.3) is 0 Å². The van der Waals surface area contributed by atoms with Gasteiger partial charge in [0, 0.05) is 18.2 Å². The van der Waals surface area contributed by atoms with Crippen LogP contribution in [-0.2, 0) is 6.54 Å². The van der Waals surface area contributed by atoms with E-state index in [0.717, 1.165) is 12.3 Å². The molecule has 0 heterocycles. The molecule has 2 nitrogen and oxygen atoms in total. The molecular formula is C17H29NO. The molecule has 0 aliphatic heterocycles. The van der Waals surface area contributed by atoms with Crippen molar-refractivity contribution in [3.05, 3.63) is 29.8 Å².